The molecule has 4 aromatic rings. The predicted molar refractivity (Wildman–Crippen MR) is 169 cm³/mol. The Bertz CT molecular complexity index is 1900. The molecule has 4 rings (SSSR count). The predicted octanol–water partition coefficient (Wildman–Crippen LogP) is 5.18. The molecule has 260 valence electrons. The third kappa shape index (κ3) is 9.34. The normalized spacial score (nSPS) is 12.8. The second-order valence-electron chi connectivity index (χ2n) is 11.1. The molecule has 0 aliphatic carbocycles. The van der Waals surface area contributed by atoms with E-state index in [1.807, 2.05) is 11.6 Å². The third-order valence-corrected chi connectivity index (χ3v) is 8.48. The number of carbonyl (C=O) groups is 2. The van der Waals surface area contributed by atoms with E-state index in [1.54, 1.807) is 68.4 Å². The van der Waals surface area contributed by atoms with Crippen molar-refractivity contribution < 1.29 is 45.7 Å². The number of rotatable bonds is 13. The standard InChI is InChI=1S/C32H33F3N6O7S/c1-21(2)31(43)47-20-48-38-41(44)39(4)28(18-23-8-6-5-7-9-23)30(42)37-49(45,46)26-16-14-25(15-17-26)40-27(19-29(36-40)32(33,34)35)24-12-10-22(3)11-13-24/h5-17,19,21,28H,18,20H2,1-4H3,(H,37,42)/b41-38-/t28-/m0/s1. The van der Waals surface area contributed by atoms with Crippen molar-refractivity contribution in [3.05, 3.63) is 107 Å². The fourth-order valence-corrected chi connectivity index (χ4v) is 5.42. The van der Waals surface area contributed by atoms with Gasteiger partial charge in [-0.1, -0.05) is 74.0 Å². The van der Waals surface area contributed by atoms with Gasteiger partial charge >= 0.3 is 12.1 Å². The van der Waals surface area contributed by atoms with Crippen molar-refractivity contribution in [1.82, 2.24) is 19.5 Å². The number of hydrazine groups is 1. The first-order valence-corrected chi connectivity index (χ1v) is 16.2. The minimum absolute atomic E-state index is 0.0945. The van der Waals surface area contributed by atoms with E-state index in [2.05, 4.69) is 10.4 Å². The topological polar surface area (TPSA) is 158 Å². The molecule has 0 bridgehead atoms. The molecule has 17 heteroatoms. The number of hydrogen-bond donors (Lipinski definition) is 1. The summed E-state index contributed by atoms with van der Waals surface area (Å²) >= 11 is 0. The van der Waals surface area contributed by atoms with Crippen LogP contribution in [-0.2, 0) is 41.8 Å². The Hall–Kier alpha value is -5.45. The number of nitrogens with one attached hydrogen (secondary N) is 1. The quantitative estimate of drug-likeness (QED) is 0.0495. The summed E-state index contributed by atoms with van der Waals surface area (Å²) in [5.74, 6) is -2.14. The fraction of sp³-hybridized carbons (Fsp3) is 0.281. The van der Waals surface area contributed by atoms with Gasteiger partial charge in [-0.2, -0.15) is 18.3 Å². The Morgan fingerprint density at radius 3 is 2.27 bits per heavy atom. The van der Waals surface area contributed by atoms with Gasteiger partial charge in [-0.3, -0.25) is 9.59 Å². The first-order chi connectivity index (χ1) is 23.1. The summed E-state index contributed by atoms with van der Waals surface area (Å²) in [4.78, 5) is 29.3. The lowest BCUT2D eigenvalue weighted by Crippen LogP contribution is -2.50. The van der Waals surface area contributed by atoms with Crippen molar-refractivity contribution >= 4 is 21.9 Å². The lowest BCUT2D eigenvalue weighted by atomic mass is 10.1. The summed E-state index contributed by atoms with van der Waals surface area (Å²) in [5, 5.41) is 20.4. The van der Waals surface area contributed by atoms with Gasteiger partial charge in [0.2, 0.25) is 5.28 Å². The van der Waals surface area contributed by atoms with E-state index in [4.69, 9.17) is 9.57 Å². The molecule has 1 amide bonds. The van der Waals surface area contributed by atoms with Gasteiger partial charge in [0.1, 0.15) is 0 Å². The van der Waals surface area contributed by atoms with Crippen LogP contribution in [0.25, 0.3) is 16.9 Å². The molecule has 3 aromatic carbocycles. The van der Waals surface area contributed by atoms with E-state index in [0.29, 0.717) is 11.1 Å². The van der Waals surface area contributed by atoms with Crippen molar-refractivity contribution in [2.24, 2.45) is 11.2 Å². The van der Waals surface area contributed by atoms with Crippen LogP contribution in [0.4, 0.5) is 13.2 Å². The van der Waals surface area contributed by atoms with Crippen LogP contribution in [-0.4, -0.2) is 59.9 Å². The van der Waals surface area contributed by atoms with Crippen LogP contribution in [0.1, 0.15) is 30.7 Å². The summed E-state index contributed by atoms with van der Waals surface area (Å²) in [5.41, 5.74) is 1.04. The second-order valence-corrected chi connectivity index (χ2v) is 12.8. The molecule has 0 saturated carbocycles. The van der Waals surface area contributed by atoms with E-state index in [1.165, 1.54) is 19.2 Å². The van der Waals surface area contributed by atoms with Crippen molar-refractivity contribution in [2.45, 2.75) is 44.3 Å². The zero-order valence-electron chi connectivity index (χ0n) is 26.8. The molecule has 0 aliphatic rings. The number of esters is 1. The molecule has 49 heavy (non-hydrogen) atoms. The first-order valence-electron chi connectivity index (χ1n) is 14.7. The number of likely N-dealkylation sites (N-methyl/N-ethyl adjacent to an activating group) is 1. The van der Waals surface area contributed by atoms with Crippen molar-refractivity contribution in [1.29, 1.82) is 0 Å². The molecule has 0 fully saturated rings. The average Bonchev–Trinajstić information content (AvgIpc) is 3.52. The maximum Gasteiger partial charge on any atom is 0.435 e. The third-order valence-electron chi connectivity index (χ3n) is 7.12. The van der Waals surface area contributed by atoms with E-state index in [0.717, 1.165) is 33.5 Å². The molecule has 1 aromatic heterocycles. The zero-order valence-corrected chi connectivity index (χ0v) is 27.6. The Labute approximate surface area is 280 Å². The Balaban J connectivity index is 1.57. The summed E-state index contributed by atoms with van der Waals surface area (Å²) < 4.78 is 75.2. The average molecular weight is 703 g/mol. The first kappa shape index (κ1) is 36.4. The highest BCUT2D eigenvalue weighted by Gasteiger charge is 2.36. The van der Waals surface area contributed by atoms with Gasteiger partial charge in [0.15, 0.2) is 11.7 Å². The number of hydrogen-bond acceptors (Lipinski definition) is 9. The highest BCUT2D eigenvalue weighted by molar-refractivity contribution is 7.90. The van der Waals surface area contributed by atoms with Gasteiger partial charge in [-0.15, -0.1) is 5.01 Å². The van der Waals surface area contributed by atoms with Crippen LogP contribution < -0.4 is 4.72 Å². The summed E-state index contributed by atoms with van der Waals surface area (Å²) in [7, 11) is -3.37. The summed E-state index contributed by atoms with van der Waals surface area (Å²) in [6.07, 6.45) is -4.86. The van der Waals surface area contributed by atoms with Gasteiger partial charge < -0.3 is 14.8 Å². The second kappa shape index (κ2) is 15.2. The molecule has 13 nitrogen and oxygen atoms in total. The molecule has 1 atom stereocenters. The van der Waals surface area contributed by atoms with Crippen LogP contribution in [0, 0.1) is 18.0 Å². The smallest absolute Gasteiger partial charge is 0.435 e. The number of halogens is 3. The number of aromatic nitrogens is 2. The molecular weight excluding hydrogens is 669 g/mol. The molecule has 0 aliphatic heterocycles. The number of ether oxygens (including phenoxy) is 1. The highest BCUT2D eigenvalue weighted by Crippen LogP contribution is 2.33. The van der Waals surface area contributed by atoms with Crippen molar-refractivity contribution in [3.8, 4) is 16.9 Å². The van der Waals surface area contributed by atoms with Crippen LogP contribution in [0.15, 0.2) is 95.1 Å². The highest BCUT2D eigenvalue weighted by atomic mass is 32.2. The van der Waals surface area contributed by atoms with Crippen LogP contribution >= 0.6 is 0 Å². The van der Waals surface area contributed by atoms with Gasteiger partial charge in [0, 0.05) is 12.0 Å². The number of aryl methyl sites for hydroxylation is 1. The number of amides is 1. The molecule has 0 spiro atoms. The fourth-order valence-electron chi connectivity index (χ4n) is 4.41. The van der Waals surface area contributed by atoms with E-state index in [-0.39, 0.29) is 27.7 Å². The largest absolute Gasteiger partial charge is 0.569 e. The van der Waals surface area contributed by atoms with Crippen LogP contribution in [0.5, 0.6) is 0 Å². The number of nitrogens with zero attached hydrogens (tertiary/aromatic N) is 5. The zero-order chi connectivity index (χ0) is 35.9. The van der Waals surface area contributed by atoms with Gasteiger partial charge in [-0.25, -0.2) is 17.8 Å². The maximum absolute atomic E-state index is 13.6. The molecule has 1 heterocycles. The SMILES string of the molecule is Cc1ccc(-c2cc(C(F)(F)F)nn2-c2ccc(S(=O)(=O)NC(=O)[C@H](Cc3ccccc3)N(C)/[N+]([O-])=N/OCOC(=O)C(C)C)cc2)cc1. The number of carbonyl (C=O) groups excluding carboxylic acids is 2. The molecule has 1 N–H and O–H groups in total. The van der Waals surface area contributed by atoms with Gasteiger partial charge in [0.25, 0.3) is 22.7 Å². The monoisotopic (exact) mass is 702 g/mol. The maximum atomic E-state index is 13.6. The number of alkyl halides is 3. The molecule has 0 radical (unpaired) electrons. The van der Waals surface area contributed by atoms with Gasteiger partial charge in [-0.05, 0) is 42.8 Å². The van der Waals surface area contributed by atoms with Crippen LogP contribution in [0.2, 0.25) is 0 Å². The summed E-state index contributed by atoms with van der Waals surface area (Å²) in [6, 6.07) is 19.4. The number of sulfonamides is 1. The van der Waals surface area contributed by atoms with Crippen molar-refractivity contribution in [3.63, 3.8) is 0 Å². The lowest BCUT2D eigenvalue weighted by molar-refractivity contribution is -0.710. The Kier molecular flexibility index (Phi) is 11.3. The lowest BCUT2D eigenvalue weighted by Gasteiger charge is -2.23. The Morgan fingerprint density at radius 2 is 1.67 bits per heavy atom. The van der Waals surface area contributed by atoms with Gasteiger partial charge in [0.05, 0.1) is 34.2 Å². The van der Waals surface area contributed by atoms with E-state index < -0.39 is 52.5 Å². The minimum atomic E-state index is -4.73. The Morgan fingerprint density at radius 1 is 1.04 bits per heavy atom. The molecular formula is C32H33F3N6O7S. The van der Waals surface area contributed by atoms with Crippen LogP contribution in [0.3, 0.4) is 0 Å². The van der Waals surface area contributed by atoms with E-state index in [9.17, 15) is 36.4 Å². The molecule has 0 unspecified atom stereocenters. The molecule has 0 saturated heterocycles. The number of benzene rings is 3. The van der Waals surface area contributed by atoms with Crippen molar-refractivity contribution in [2.75, 3.05) is 13.8 Å². The summed E-state index contributed by atoms with van der Waals surface area (Å²) in [6.45, 7) is 4.35. The minimum Gasteiger partial charge on any atom is -0.569 e. The van der Waals surface area contributed by atoms with E-state index >= 15 is 0 Å².